The van der Waals surface area contributed by atoms with Crippen molar-refractivity contribution in [1.29, 1.82) is 0 Å². The highest BCUT2D eigenvalue weighted by Crippen LogP contribution is 2.17. The summed E-state index contributed by atoms with van der Waals surface area (Å²) < 4.78 is 0. The summed E-state index contributed by atoms with van der Waals surface area (Å²) in [4.78, 5) is 0. The standard InChI is InChI=1S/C17H23NS/c1-14(17-6-4-3-5-7-17)8-10-18-15(2)12-16-9-11-19-13-16/h3-7,9,11,13-15,18H,8,10,12H2,1-2H3. The minimum absolute atomic E-state index is 0.553. The summed E-state index contributed by atoms with van der Waals surface area (Å²) in [6.45, 7) is 5.66. The van der Waals surface area contributed by atoms with Gasteiger partial charge in [0, 0.05) is 6.04 Å². The third-order valence-corrected chi connectivity index (χ3v) is 4.29. The molecule has 0 spiro atoms. The van der Waals surface area contributed by atoms with E-state index in [9.17, 15) is 0 Å². The molecule has 0 aliphatic heterocycles. The molecule has 102 valence electrons. The van der Waals surface area contributed by atoms with Crippen LogP contribution in [0.5, 0.6) is 0 Å². The Kier molecular flexibility index (Phi) is 5.62. The van der Waals surface area contributed by atoms with Crippen LogP contribution < -0.4 is 5.32 Å². The lowest BCUT2D eigenvalue weighted by molar-refractivity contribution is 0.513. The van der Waals surface area contributed by atoms with Gasteiger partial charge in [-0.3, -0.25) is 0 Å². The van der Waals surface area contributed by atoms with E-state index in [1.165, 1.54) is 17.5 Å². The van der Waals surface area contributed by atoms with E-state index in [4.69, 9.17) is 0 Å². The topological polar surface area (TPSA) is 12.0 Å². The highest BCUT2D eigenvalue weighted by atomic mass is 32.1. The number of thiophene rings is 1. The summed E-state index contributed by atoms with van der Waals surface area (Å²) >= 11 is 1.78. The molecule has 2 rings (SSSR count). The smallest absolute Gasteiger partial charge is 0.00794 e. The monoisotopic (exact) mass is 273 g/mol. The summed E-state index contributed by atoms with van der Waals surface area (Å²) in [5.41, 5.74) is 2.89. The molecule has 0 bridgehead atoms. The molecule has 0 aliphatic rings. The number of benzene rings is 1. The predicted octanol–water partition coefficient (Wildman–Crippen LogP) is 4.46. The molecule has 0 radical (unpaired) electrons. The first kappa shape index (κ1) is 14.3. The second kappa shape index (κ2) is 7.46. The van der Waals surface area contributed by atoms with Crippen molar-refractivity contribution >= 4 is 11.3 Å². The minimum atomic E-state index is 0.553. The quantitative estimate of drug-likeness (QED) is 0.785. The molecule has 1 heterocycles. The Morgan fingerprint density at radius 3 is 2.58 bits per heavy atom. The first-order chi connectivity index (χ1) is 9.25. The van der Waals surface area contributed by atoms with Crippen LogP contribution in [0.15, 0.2) is 47.2 Å². The van der Waals surface area contributed by atoms with Gasteiger partial charge >= 0.3 is 0 Å². The molecule has 1 aromatic heterocycles. The van der Waals surface area contributed by atoms with Crippen LogP contribution in [0.1, 0.15) is 37.3 Å². The third-order valence-electron chi connectivity index (χ3n) is 3.56. The van der Waals surface area contributed by atoms with Crippen LogP contribution in [0.4, 0.5) is 0 Å². The Bertz CT molecular complexity index is 449. The fourth-order valence-corrected chi connectivity index (χ4v) is 3.01. The minimum Gasteiger partial charge on any atom is -0.314 e. The molecular formula is C17H23NS. The molecule has 0 saturated carbocycles. The summed E-state index contributed by atoms with van der Waals surface area (Å²) in [7, 11) is 0. The van der Waals surface area contributed by atoms with E-state index in [0.717, 1.165) is 13.0 Å². The van der Waals surface area contributed by atoms with Crippen molar-refractivity contribution in [2.24, 2.45) is 0 Å². The summed E-state index contributed by atoms with van der Waals surface area (Å²) in [5, 5.41) is 8.02. The first-order valence-corrected chi connectivity index (χ1v) is 7.99. The van der Waals surface area contributed by atoms with Gasteiger partial charge in [0.1, 0.15) is 0 Å². The normalized spacial score (nSPS) is 14.2. The maximum Gasteiger partial charge on any atom is 0.00794 e. The largest absolute Gasteiger partial charge is 0.314 e. The lowest BCUT2D eigenvalue weighted by Gasteiger charge is -2.16. The van der Waals surface area contributed by atoms with Crippen LogP contribution in [0, 0.1) is 0 Å². The molecule has 2 heteroatoms. The molecule has 0 amide bonds. The van der Waals surface area contributed by atoms with E-state index in [-0.39, 0.29) is 0 Å². The van der Waals surface area contributed by atoms with Gasteiger partial charge in [-0.1, -0.05) is 37.3 Å². The Hall–Kier alpha value is -1.12. The summed E-state index contributed by atoms with van der Waals surface area (Å²) in [6.07, 6.45) is 2.32. The van der Waals surface area contributed by atoms with Crippen LogP contribution in [0.25, 0.3) is 0 Å². The number of hydrogen-bond donors (Lipinski definition) is 1. The Morgan fingerprint density at radius 1 is 1.11 bits per heavy atom. The predicted molar refractivity (Wildman–Crippen MR) is 85.0 cm³/mol. The van der Waals surface area contributed by atoms with Crippen LogP contribution >= 0.6 is 11.3 Å². The van der Waals surface area contributed by atoms with Gasteiger partial charge in [-0.2, -0.15) is 11.3 Å². The Balaban J connectivity index is 1.68. The fourth-order valence-electron chi connectivity index (χ4n) is 2.33. The van der Waals surface area contributed by atoms with Crippen molar-refractivity contribution in [3.8, 4) is 0 Å². The second-order valence-corrected chi connectivity index (χ2v) is 6.07. The third kappa shape index (κ3) is 4.81. The summed E-state index contributed by atoms with van der Waals surface area (Å²) in [6, 6.07) is 13.5. The van der Waals surface area contributed by atoms with Crippen LogP contribution in [-0.4, -0.2) is 12.6 Å². The van der Waals surface area contributed by atoms with Gasteiger partial charge in [-0.15, -0.1) is 0 Å². The van der Waals surface area contributed by atoms with Gasteiger partial charge < -0.3 is 5.32 Å². The summed E-state index contributed by atoms with van der Waals surface area (Å²) in [5.74, 6) is 0.627. The van der Waals surface area contributed by atoms with E-state index in [0.29, 0.717) is 12.0 Å². The molecule has 0 fully saturated rings. The molecule has 19 heavy (non-hydrogen) atoms. The molecule has 2 aromatic rings. The van der Waals surface area contributed by atoms with Crippen LogP contribution in [-0.2, 0) is 6.42 Å². The molecule has 1 nitrogen and oxygen atoms in total. The van der Waals surface area contributed by atoms with Crippen molar-refractivity contribution < 1.29 is 0 Å². The molecule has 2 atom stereocenters. The van der Waals surface area contributed by atoms with Crippen molar-refractivity contribution in [2.45, 2.75) is 38.6 Å². The number of rotatable bonds is 7. The lowest BCUT2D eigenvalue weighted by Crippen LogP contribution is -2.29. The van der Waals surface area contributed by atoms with E-state index in [1.807, 2.05) is 0 Å². The van der Waals surface area contributed by atoms with Crippen molar-refractivity contribution in [3.05, 3.63) is 58.3 Å². The van der Waals surface area contributed by atoms with Gasteiger partial charge in [-0.25, -0.2) is 0 Å². The molecular weight excluding hydrogens is 250 g/mol. The van der Waals surface area contributed by atoms with Gasteiger partial charge in [0.05, 0.1) is 0 Å². The number of nitrogens with one attached hydrogen (secondary N) is 1. The van der Waals surface area contributed by atoms with Gasteiger partial charge in [-0.05, 0) is 60.2 Å². The van der Waals surface area contributed by atoms with Crippen LogP contribution in [0.3, 0.4) is 0 Å². The Labute approximate surface area is 120 Å². The Morgan fingerprint density at radius 2 is 1.89 bits per heavy atom. The van der Waals surface area contributed by atoms with Gasteiger partial charge in [0.15, 0.2) is 0 Å². The highest BCUT2D eigenvalue weighted by molar-refractivity contribution is 7.07. The zero-order valence-electron chi connectivity index (χ0n) is 11.8. The average molecular weight is 273 g/mol. The van der Waals surface area contributed by atoms with Crippen molar-refractivity contribution in [3.63, 3.8) is 0 Å². The second-order valence-electron chi connectivity index (χ2n) is 5.29. The lowest BCUT2D eigenvalue weighted by atomic mass is 9.98. The van der Waals surface area contributed by atoms with Crippen molar-refractivity contribution in [2.75, 3.05) is 6.54 Å². The van der Waals surface area contributed by atoms with Crippen molar-refractivity contribution in [1.82, 2.24) is 5.32 Å². The van der Waals surface area contributed by atoms with E-state index in [2.05, 4.69) is 66.3 Å². The SMILES string of the molecule is CC(Cc1ccsc1)NCCC(C)c1ccccc1. The average Bonchev–Trinajstić information content (AvgIpc) is 2.92. The maximum absolute atomic E-state index is 3.63. The zero-order valence-corrected chi connectivity index (χ0v) is 12.6. The maximum atomic E-state index is 3.63. The fraction of sp³-hybridized carbons (Fsp3) is 0.412. The van der Waals surface area contributed by atoms with E-state index < -0.39 is 0 Å². The first-order valence-electron chi connectivity index (χ1n) is 7.05. The molecule has 1 aromatic carbocycles. The van der Waals surface area contributed by atoms with Crippen LogP contribution in [0.2, 0.25) is 0 Å². The number of hydrogen-bond acceptors (Lipinski definition) is 2. The molecule has 0 saturated heterocycles. The van der Waals surface area contributed by atoms with Gasteiger partial charge in [0.2, 0.25) is 0 Å². The van der Waals surface area contributed by atoms with Gasteiger partial charge in [0.25, 0.3) is 0 Å². The zero-order chi connectivity index (χ0) is 13.5. The molecule has 0 aliphatic carbocycles. The molecule has 1 N–H and O–H groups in total. The van der Waals surface area contributed by atoms with E-state index >= 15 is 0 Å². The highest BCUT2D eigenvalue weighted by Gasteiger charge is 2.07. The molecule has 2 unspecified atom stereocenters. The van der Waals surface area contributed by atoms with E-state index in [1.54, 1.807) is 11.3 Å².